The molecule has 128 valence electrons. The molecule has 0 aliphatic carbocycles. The maximum atomic E-state index is 12.6. The third-order valence-corrected chi connectivity index (χ3v) is 5.04. The summed E-state index contributed by atoms with van der Waals surface area (Å²) in [7, 11) is 0. The molecule has 0 amide bonds. The van der Waals surface area contributed by atoms with Gasteiger partial charge in [-0.15, -0.1) is 0 Å². The fraction of sp³-hybridized carbons (Fsp3) is 0.278. The largest absolute Gasteiger partial charge is 0.463 e. The van der Waals surface area contributed by atoms with Gasteiger partial charge in [0.25, 0.3) is 0 Å². The van der Waals surface area contributed by atoms with Crippen molar-refractivity contribution in [3.63, 3.8) is 0 Å². The van der Waals surface area contributed by atoms with Crippen LogP contribution in [0.15, 0.2) is 51.3 Å². The van der Waals surface area contributed by atoms with Crippen LogP contribution in [0.3, 0.4) is 0 Å². The number of carbonyl (C=O) groups is 1. The van der Waals surface area contributed by atoms with Crippen molar-refractivity contribution in [2.45, 2.75) is 26.8 Å². The minimum Gasteiger partial charge on any atom is -0.463 e. The predicted molar refractivity (Wildman–Crippen MR) is 96.9 cm³/mol. The molecule has 2 heterocycles. The second kappa shape index (κ2) is 6.65. The van der Waals surface area contributed by atoms with Gasteiger partial charge in [-0.3, -0.25) is 4.90 Å². The molecule has 0 fully saturated rings. The summed E-state index contributed by atoms with van der Waals surface area (Å²) in [5, 5.41) is 9.91. The van der Waals surface area contributed by atoms with E-state index in [-0.39, 0.29) is 6.61 Å². The van der Waals surface area contributed by atoms with Crippen molar-refractivity contribution in [2.24, 2.45) is 10.7 Å². The monoisotopic (exact) mass is 354 g/mol. The standard InChI is InChI=1S/C18H18N4O2S/c1-4-24-17(23)14-11(3)21-18-22(16(20)13(9-19)25-18)15(14)12-7-5-10(2)6-8-12/h5-8,15H,4,20H2,1-3H3/t15-/m1/s1. The van der Waals surface area contributed by atoms with E-state index >= 15 is 0 Å². The summed E-state index contributed by atoms with van der Waals surface area (Å²) in [5.74, 6) is -0.109. The number of nitrogens with zero attached hydrogens (tertiary/aromatic N) is 3. The van der Waals surface area contributed by atoms with Gasteiger partial charge in [-0.05, 0) is 38.1 Å². The number of nitrogens with two attached hydrogens (primary N) is 1. The van der Waals surface area contributed by atoms with Crippen LogP contribution in [0.4, 0.5) is 0 Å². The number of rotatable bonds is 3. The first-order chi connectivity index (χ1) is 12.0. The molecule has 1 atom stereocenters. The number of allylic oxidation sites excluding steroid dienone is 2. The van der Waals surface area contributed by atoms with Crippen molar-refractivity contribution < 1.29 is 9.53 Å². The zero-order chi connectivity index (χ0) is 18.1. The van der Waals surface area contributed by atoms with Gasteiger partial charge in [-0.25, -0.2) is 9.79 Å². The van der Waals surface area contributed by atoms with Crippen LogP contribution in [0, 0.1) is 18.3 Å². The highest BCUT2D eigenvalue weighted by atomic mass is 32.2. The molecule has 1 aromatic rings. The molecule has 3 rings (SSSR count). The van der Waals surface area contributed by atoms with Gasteiger partial charge in [0, 0.05) is 0 Å². The molecule has 25 heavy (non-hydrogen) atoms. The van der Waals surface area contributed by atoms with Gasteiger partial charge >= 0.3 is 5.97 Å². The van der Waals surface area contributed by atoms with Crippen LogP contribution in [0.2, 0.25) is 0 Å². The smallest absolute Gasteiger partial charge is 0.338 e. The van der Waals surface area contributed by atoms with Crippen LogP contribution in [-0.2, 0) is 9.53 Å². The first kappa shape index (κ1) is 17.1. The van der Waals surface area contributed by atoms with Gasteiger partial charge in [0.15, 0.2) is 5.17 Å². The Kier molecular flexibility index (Phi) is 4.55. The average Bonchev–Trinajstić information content (AvgIpc) is 2.90. The molecule has 7 heteroatoms. The van der Waals surface area contributed by atoms with Crippen molar-refractivity contribution in [1.29, 1.82) is 5.26 Å². The summed E-state index contributed by atoms with van der Waals surface area (Å²) in [4.78, 5) is 19.2. The second-order valence-corrected chi connectivity index (χ2v) is 6.70. The normalized spacial score (nSPS) is 19.5. The zero-order valence-corrected chi connectivity index (χ0v) is 15.1. The Labute approximate surface area is 150 Å². The third-order valence-electron chi connectivity index (χ3n) is 4.07. The summed E-state index contributed by atoms with van der Waals surface area (Å²) >= 11 is 1.22. The number of aliphatic imine (C=N–C) groups is 1. The highest BCUT2D eigenvalue weighted by Gasteiger charge is 2.42. The first-order valence-corrected chi connectivity index (χ1v) is 8.69. The summed E-state index contributed by atoms with van der Waals surface area (Å²) in [6.45, 7) is 5.81. The van der Waals surface area contributed by atoms with E-state index in [4.69, 9.17) is 10.5 Å². The number of nitriles is 1. The van der Waals surface area contributed by atoms with E-state index in [0.717, 1.165) is 11.1 Å². The van der Waals surface area contributed by atoms with Crippen molar-refractivity contribution in [2.75, 3.05) is 6.61 Å². The van der Waals surface area contributed by atoms with E-state index in [1.165, 1.54) is 11.8 Å². The second-order valence-electron chi connectivity index (χ2n) is 5.73. The van der Waals surface area contributed by atoms with Crippen LogP contribution in [0.25, 0.3) is 0 Å². The van der Waals surface area contributed by atoms with E-state index in [0.29, 0.717) is 27.2 Å². The number of hydrogen-bond acceptors (Lipinski definition) is 7. The highest BCUT2D eigenvalue weighted by molar-refractivity contribution is 8.17. The molecule has 0 aromatic heterocycles. The fourth-order valence-electron chi connectivity index (χ4n) is 2.87. The molecule has 0 saturated carbocycles. The molecule has 0 unspecified atom stereocenters. The number of amidine groups is 1. The van der Waals surface area contributed by atoms with Crippen molar-refractivity contribution in [3.8, 4) is 6.07 Å². The summed E-state index contributed by atoms with van der Waals surface area (Å²) in [5.41, 5.74) is 9.22. The quantitative estimate of drug-likeness (QED) is 0.839. The molecule has 6 nitrogen and oxygen atoms in total. The molecule has 1 aromatic carbocycles. The van der Waals surface area contributed by atoms with Gasteiger partial charge in [0.2, 0.25) is 0 Å². The number of benzene rings is 1. The maximum Gasteiger partial charge on any atom is 0.338 e. The maximum absolute atomic E-state index is 12.6. The Morgan fingerprint density at radius 2 is 2.08 bits per heavy atom. The third kappa shape index (κ3) is 2.89. The molecule has 2 aliphatic rings. The van der Waals surface area contributed by atoms with Gasteiger partial charge in [-0.2, -0.15) is 5.26 Å². The molecule has 0 spiro atoms. The van der Waals surface area contributed by atoms with Crippen molar-refractivity contribution in [1.82, 2.24) is 4.90 Å². The number of fused-ring (bicyclic) bond motifs is 1. The van der Waals surface area contributed by atoms with E-state index in [9.17, 15) is 10.1 Å². The summed E-state index contributed by atoms with van der Waals surface area (Å²) in [6.07, 6.45) is 0. The molecule has 2 aliphatic heterocycles. The Hall–Kier alpha value is -2.72. The van der Waals surface area contributed by atoms with Crippen LogP contribution in [0.5, 0.6) is 0 Å². The van der Waals surface area contributed by atoms with Gasteiger partial charge in [0.1, 0.15) is 16.8 Å². The zero-order valence-electron chi connectivity index (χ0n) is 14.2. The van der Waals surface area contributed by atoms with Gasteiger partial charge in [0.05, 0.1) is 23.9 Å². The Bertz CT molecular complexity index is 862. The summed E-state index contributed by atoms with van der Waals surface area (Å²) < 4.78 is 5.24. The van der Waals surface area contributed by atoms with Crippen LogP contribution >= 0.6 is 11.8 Å². The number of hydrogen-bond donors (Lipinski definition) is 1. The lowest BCUT2D eigenvalue weighted by Crippen LogP contribution is -2.38. The number of thioether (sulfide) groups is 1. The van der Waals surface area contributed by atoms with Gasteiger partial charge < -0.3 is 10.5 Å². The minimum atomic E-state index is -0.467. The Morgan fingerprint density at radius 3 is 2.68 bits per heavy atom. The number of carbonyl (C=O) groups excluding carboxylic acids is 1. The molecule has 0 bridgehead atoms. The van der Waals surface area contributed by atoms with E-state index in [1.807, 2.05) is 31.2 Å². The minimum absolute atomic E-state index is 0.274. The predicted octanol–water partition coefficient (Wildman–Crippen LogP) is 2.94. The number of esters is 1. The molecular formula is C18H18N4O2S. The Balaban J connectivity index is 2.18. The first-order valence-electron chi connectivity index (χ1n) is 7.88. The summed E-state index contributed by atoms with van der Waals surface area (Å²) in [6, 6.07) is 9.50. The molecular weight excluding hydrogens is 336 g/mol. The van der Waals surface area contributed by atoms with E-state index < -0.39 is 12.0 Å². The molecule has 0 saturated heterocycles. The average molecular weight is 354 g/mol. The lowest BCUT2D eigenvalue weighted by molar-refractivity contribution is -0.139. The number of aryl methyl sites for hydroxylation is 1. The van der Waals surface area contributed by atoms with Gasteiger partial charge in [-0.1, -0.05) is 29.8 Å². The Morgan fingerprint density at radius 1 is 1.40 bits per heavy atom. The molecule has 0 radical (unpaired) electrons. The lowest BCUT2D eigenvalue weighted by atomic mass is 9.94. The van der Waals surface area contributed by atoms with Crippen molar-refractivity contribution >= 4 is 22.9 Å². The van der Waals surface area contributed by atoms with Crippen molar-refractivity contribution in [3.05, 3.63) is 57.4 Å². The number of ether oxygens (including phenoxy) is 1. The lowest BCUT2D eigenvalue weighted by Gasteiger charge is -2.34. The fourth-order valence-corrected chi connectivity index (χ4v) is 3.79. The molecule has 2 N–H and O–H groups in total. The van der Waals surface area contributed by atoms with Crippen LogP contribution < -0.4 is 5.73 Å². The topological polar surface area (TPSA) is 91.7 Å². The highest BCUT2D eigenvalue weighted by Crippen LogP contribution is 2.45. The van der Waals surface area contributed by atoms with E-state index in [2.05, 4.69) is 11.1 Å². The van der Waals surface area contributed by atoms with Crippen LogP contribution in [0.1, 0.15) is 31.0 Å². The SMILES string of the molecule is CCOC(=O)C1=C(C)N=C2SC(C#N)=C(N)N2[C@@H]1c1ccc(C)cc1. The van der Waals surface area contributed by atoms with Crippen LogP contribution in [-0.4, -0.2) is 22.6 Å². The van der Waals surface area contributed by atoms with E-state index in [1.54, 1.807) is 18.7 Å².